The SMILES string of the molecule is Cc1cc(Cl)c(NCC2(C(=O)O)CC2)cc1F. The number of aliphatic carboxylic acids is 1. The smallest absolute Gasteiger partial charge is 0.311 e. The number of aryl methyl sites for hydroxylation is 1. The van der Waals surface area contributed by atoms with E-state index in [0.717, 1.165) is 0 Å². The molecule has 0 radical (unpaired) electrons. The number of carboxylic acid groups (broad SMARTS) is 1. The van der Waals surface area contributed by atoms with E-state index in [1.165, 1.54) is 12.1 Å². The highest BCUT2D eigenvalue weighted by Crippen LogP contribution is 2.46. The van der Waals surface area contributed by atoms with Crippen LogP contribution in [0.15, 0.2) is 12.1 Å². The van der Waals surface area contributed by atoms with E-state index in [0.29, 0.717) is 29.1 Å². The zero-order valence-corrected chi connectivity index (χ0v) is 10.1. The maximum atomic E-state index is 13.3. The van der Waals surface area contributed by atoms with Crippen molar-refractivity contribution >= 4 is 23.3 Å². The Bertz CT molecular complexity index is 472. The highest BCUT2D eigenvalue weighted by Gasteiger charge is 2.50. The van der Waals surface area contributed by atoms with Crippen molar-refractivity contribution in [2.45, 2.75) is 19.8 Å². The molecule has 1 aromatic rings. The largest absolute Gasteiger partial charge is 0.481 e. The molecule has 5 heteroatoms. The van der Waals surface area contributed by atoms with Crippen LogP contribution < -0.4 is 5.32 Å². The summed E-state index contributed by atoms with van der Waals surface area (Å²) in [5.41, 5.74) is 0.229. The van der Waals surface area contributed by atoms with Crippen LogP contribution in [0.3, 0.4) is 0 Å². The number of carboxylic acids is 1. The second kappa shape index (κ2) is 4.18. The topological polar surface area (TPSA) is 49.3 Å². The summed E-state index contributed by atoms with van der Waals surface area (Å²) in [5.74, 6) is -1.16. The number of rotatable bonds is 4. The third-order valence-electron chi connectivity index (χ3n) is 3.17. The van der Waals surface area contributed by atoms with Gasteiger partial charge in [-0.15, -0.1) is 0 Å². The van der Waals surface area contributed by atoms with Gasteiger partial charge in [0.05, 0.1) is 16.1 Å². The van der Waals surface area contributed by atoms with Gasteiger partial charge in [-0.1, -0.05) is 11.6 Å². The summed E-state index contributed by atoms with van der Waals surface area (Å²) in [4.78, 5) is 11.0. The summed E-state index contributed by atoms with van der Waals surface area (Å²) in [6, 6.07) is 2.83. The van der Waals surface area contributed by atoms with Crippen molar-refractivity contribution < 1.29 is 14.3 Å². The monoisotopic (exact) mass is 257 g/mol. The summed E-state index contributed by atoms with van der Waals surface area (Å²) >= 11 is 5.95. The van der Waals surface area contributed by atoms with Crippen LogP contribution >= 0.6 is 11.6 Å². The van der Waals surface area contributed by atoms with E-state index in [-0.39, 0.29) is 12.4 Å². The lowest BCUT2D eigenvalue weighted by molar-refractivity contribution is -0.142. The van der Waals surface area contributed by atoms with Crippen molar-refractivity contribution in [2.75, 3.05) is 11.9 Å². The van der Waals surface area contributed by atoms with Gasteiger partial charge in [-0.25, -0.2) is 4.39 Å². The minimum absolute atomic E-state index is 0.282. The molecule has 2 rings (SSSR count). The molecule has 1 fully saturated rings. The molecule has 2 N–H and O–H groups in total. The molecule has 0 atom stereocenters. The van der Waals surface area contributed by atoms with E-state index in [4.69, 9.17) is 16.7 Å². The Hall–Kier alpha value is -1.29. The van der Waals surface area contributed by atoms with Crippen LogP contribution in [0.4, 0.5) is 10.1 Å². The Kier molecular flexibility index (Phi) is 3.00. The highest BCUT2D eigenvalue weighted by atomic mass is 35.5. The van der Waals surface area contributed by atoms with Gasteiger partial charge < -0.3 is 10.4 Å². The first-order chi connectivity index (χ1) is 7.94. The van der Waals surface area contributed by atoms with Gasteiger partial charge in [0.2, 0.25) is 0 Å². The summed E-state index contributed by atoms with van der Waals surface area (Å²) in [5, 5.41) is 12.3. The number of halogens is 2. The fourth-order valence-electron chi connectivity index (χ4n) is 1.66. The van der Waals surface area contributed by atoms with Gasteiger partial charge in [0, 0.05) is 6.54 Å². The second-order valence-electron chi connectivity index (χ2n) is 4.52. The lowest BCUT2D eigenvalue weighted by Crippen LogP contribution is -2.24. The van der Waals surface area contributed by atoms with Crippen molar-refractivity contribution in [1.82, 2.24) is 0 Å². The molecule has 1 aliphatic rings. The van der Waals surface area contributed by atoms with E-state index in [1.807, 2.05) is 0 Å². The third-order valence-corrected chi connectivity index (χ3v) is 3.49. The maximum absolute atomic E-state index is 13.3. The molecule has 0 unspecified atom stereocenters. The molecule has 0 spiro atoms. The third kappa shape index (κ3) is 2.36. The molecule has 0 heterocycles. The standard InChI is InChI=1S/C12H13ClFNO2/c1-7-4-8(13)10(5-9(7)14)15-6-12(2-3-12)11(16)17/h4-5,15H,2-3,6H2,1H3,(H,16,17). The molecule has 3 nitrogen and oxygen atoms in total. The van der Waals surface area contributed by atoms with Crippen molar-refractivity contribution in [2.24, 2.45) is 5.41 Å². The summed E-state index contributed by atoms with van der Waals surface area (Å²) in [6.07, 6.45) is 1.31. The molecule has 0 amide bonds. The van der Waals surface area contributed by atoms with Crippen molar-refractivity contribution in [3.63, 3.8) is 0 Å². The zero-order valence-electron chi connectivity index (χ0n) is 9.39. The number of carbonyl (C=O) groups is 1. The Morgan fingerprint density at radius 2 is 2.24 bits per heavy atom. The van der Waals surface area contributed by atoms with Crippen molar-refractivity contribution in [3.05, 3.63) is 28.5 Å². The number of nitrogens with one attached hydrogen (secondary N) is 1. The number of hydrogen-bond donors (Lipinski definition) is 2. The molecule has 17 heavy (non-hydrogen) atoms. The Labute approximate surface area is 104 Å². The maximum Gasteiger partial charge on any atom is 0.311 e. The number of anilines is 1. The van der Waals surface area contributed by atoms with Gasteiger partial charge in [0.25, 0.3) is 0 Å². The first kappa shape index (κ1) is 12.2. The molecule has 1 aromatic carbocycles. The molecule has 0 saturated heterocycles. The van der Waals surface area contributed by atoms with E-state index < -0.39 is 11.4 Å². The van der Waals surface area contributed by atoms with Crippen LogP contribution in [0.25, 0.3) is 0 Å². The van der Waals surface area contributed by atoms with Crippen LogP contribution in [-0.2, 0) is 4.79 Å². The normalized spacial score (nSPS) is 16.6. The van der Waals surface area contributed by atoms with E-state index in [1.54, 1.807) is 6.92 Å². The van der Waals surface area contributed by atoms with Crippen LogP contribution in [0, 0.1) is 18.2 Å². The van der Waals surface area contributed by atoms with Gasteiger partial charge in [-0.2, -0.15) is 0 Å². The summed E-state index contributed by atoms with van der Waals surface area (Å²) < 4.78 is 13.3. The van der Waals surface area contributed by atoms with Gasteiger partial charge in [-0.05, 0) is 37.5 Å². The molecule has 0 bridgehead atoms. The van der Waals surface area contributed by atoms with Gasteiger partial charge in [0.1, 0.15) is 5.82 Å². The molecule has 0 aromatic heterocycles. The highest BCUT2D eigenvalue weighted by molar-refractivity contribution is 6.33. The van der Waals surface area contributed by atoms with Crippen molar-refractivity contribution in [3.8, 4) is 0 Å². The van der Waals surface area contributed by atoms with Crippen LogP contribution in [0.5, 0.6) is 0 Å². The lowest BCUT2D eigenvalue weighted by atomic mass is 10.1. The minimum atomic E-state index is -0.811. The summed E-state index contributed by atoms with van der Waals surface area (Å²) in [6.45, 7) is 1.91. The predicted octanol–water partition coefficient (Wildman–Crippen LogP) is 3.06. The van der Waals surface area contributed by atoms with Crippen LogP contribution in [0.1, 0.15) is 18.4 Å². The number of hydrogen-bond acceptors (Lipinski definition) is 2. The van der Waals surface area contributed by atoms with E-state index in [2.05, 4.69) is 5.32 Å². The van der Waals surface area contributed by atoms with Crippen LogP contribution in [0.2, 0.25) is 5.02 Å². The average Bonchev–Trinajstić information content (AvgIpc) is 3.02. The van der Waals surface area contributed by atoms with Gasteiger partial charge >= 0.3 is 5.97 Å². The molecular weight excluding hydrogens is 245 g/mol. The first-order valence-electron chi connectivity index (χ1n) is 5.37. The minimum Gasteiger partial charge on any atom is -0.481 e. The number of benzene rings is 1. The second-order valence-corrected chi connectivity index (χ2v) is 4.93. The van der Waals surface area contributed by atoms with Gasteiger partial charge in [0.15, 0.2) is 0 Å². The lowest BCUT2D eigenvalue weighted by Gasteiger charge is -2.14. The Morgan fingerprint density at radius 3 is 2.76 bits per heavy atom. The molecular formula is C12H13ClFNO2. The molecule has 0 aliphatic heterocycles. The van der Waals surface area contributed by atoms with Crippen molar-refractivity contribution in [1.29, 1.82) is 0 Å². The van der Waals surface area contributed by atoms with E-state index in [9.17, 15) is 9.18 Å². The van der Waals surface area contributed by atoms with Gasteiger partial charge in [-0.3, -0.25) is 4.79 Å². The Morgan fingerprint density at radius 1 is 1.59 bits per heavy atom. The fraction of sp³-hybridized carbons (Fsp3) is 0.417. The fourth-order valence-corrected chi connectivity index (χ4v) is 1.95. The first-order valence-corrected chi connectivity index (χ1v) is 5.75. The van der Waals surface area contributed by atoms with E-state index >= 15 is 0 Å². The Balaban J connectivity index is 2.10. The summed E-state index contributed by atoms with van der Waals surface area (Å²) in [7, 11) is 0. The molecule has 1 aliphatic carbocycles. The quantitative estimate of drug-likeness (QED) is 0.872. The predicted molar refractivity (Wildman–Crippen MR) is 63.9 cm³/mol. The molecule has 92 valence electrons. The zero-order chi connectivity index (χ0) is 12.6. The van der Waals surface area contributed by atoms with Crippen LogP contribution in [-0.4, -0.2) is 17.6 Å². The average molecular weight is 258 g/mol. The molecule has 1 saturated carbocycles.